The topological polar surface area (TPSA) is 53.3 Å². The molecule has 0 aliphatic carbocycles. The van der Waals surface area contributed by atoms with Gasteiger partial charge in [-0.3, -0.25) is 4.98 Å². The third-order valence-corrected chi connectivity index (χ3v) is 7.45. The zero-order chi connectivity index (χ0) is 24.9. The summed E-state index contributed by atoms with van der Waals surface area (Å²) in [6, 6.07) is 18.1. The maximum Gasteiger partial charge on any atom is 0.174 e. The van der Waals surface area contributed by atoms with Crippen LogP contribution < -0.4 is 10.2 Å². The van der Waals surface area contributed by atoms with Crippen molar-refractivity contribution in [2.24, 2.45) is 0 Å². The largest absolute Gasteiger partial charge is 0.506 e. The predicted molar refractivity (Wildman–Crippen MR) is 146 cm³/mol. The second-order valence-corrected chi connectivity index (χ2v) is 9.91. The van der Waals surface area contributed by atoms with Crippen LogP contribution in [0.4, 0.5) is 5.69 Å². The summed E-state index contributed by atoms with van der Waals surface area (Å²) < 4.78 is 2.21. The van der Waals surface area contributed by atoms with Crippen molar-refractivity contribution in [3.8, 4) is 11.4 Å². The zero-order valence-corrected chi connectivity index (χ0v) is 21.8. The number of rotatable bonds is 4. The molecule has 0 saturated carbocycles. The number of anilines is 1. The van der Waals surface area contributed by atoms with Crippen LogP contribution in [0.25, 0.3) is 5.69 Å². The molecular formula is C27H24Cl2N4OS. The summed E-state index contributed by atoms with van der Waals surface area (Å²) in [5.41, 5.74) is 6.79. The Labute approximate surface area is 219 Å². The maximum atomic E-state index is 10.8. The van der Waals surface area contributed by atoms with Gasteiger partial charge in [-0.15, -0.1) is 0 Å². The molecule has 8 heteroatoms. The summed E-state index contributed by atoms with van der Waals surface area (Å²) in [4.78, 5) is 6.59. The van der Waals surface area contributed by atoms with Crippen molar-refractivity contribution in [3.63, 3.8) is 0 Å². The number of pyridine rings is 1. The monoisotopic (exact) mass is 522 g/mol. The summed E-state index contributed by atoms with van der Waals surface area (Å²) in [5, 5.41) is 16.0. The van der Waals surface area contributed by atoms with Gasteiger partial charge in [-0.1, -0.05) is 35.3 Å². The number of benzene rings is 2. The molecule has 1 saturated heterocycles. The number of hydrogen-bond acceptors (Lipinski definition) is 3. The van der Waals surface area contributed by atoms with Crippen LogP contribution in [0.1, 0.15) is 40.3 Å². The van der Waals surface area contributed by atoms with Crippen molar-refractivity contribution < 1.29 is 5.11 Å². The van der Waals surface area contributed by atoms with Crippen LogP contribution in [0.5, 0.6) is 5.75 Å². The van der Waals surface area contributed by atoms with E-state index in [1.165, 1.54) is 0 Å². The third-order valence-electron chi connectivity index (χ3n) is 6.66. The Morgan fingerprint density at radius 2 is 1.71 bits per heavy atom. The van der Waals surface area contributed by atoms with Gasteiger partial charge in [0.25, 0.3) is 0 Å². The highest BCUT2D eigenvalue weighted by atomic mass is 35.5. The number of aromatic hydroxyl groups is 1. The number of nitrogens with zero attached hydrogens (tertiary/aromatic N) is 3. The highest BCUT2D eigenvalue weighted by Crippen LogP contribution is 2.47. The van der Waals surface area contributed by atoms with Gasteiger partial charge in [0, 0.05) is 38.9 Å². The molecule has 1 aliphatic heterocycles. The number of halogens is 2. The van der Waals surface area contributed by atoms with E-state index in [2.05, 4.69) is 35.6 Å². The van der Waals surface area contributed by atoms with E-state index in [0.29, 0.717) is 20.8 Å². The summed E-state index contributed by atoms with van der Waals surface area (Å²) in [5.74, 6) is 0.103. The molecule has 2 N–H and O–H groups in total. The van der Waals surface area contributed by atoms with Crippen molar-refractivity contribution in [1.29, 1.82) is 0 Å². The highest BCUT2D eigenvalue weighted by Gasteiger charge is 2.44. The molecular weight excluding hydrogens is 499 g/mol. The van der Waals surface area contributed by atoms with Gasteiger partial charge in [-0.05, 0) is 87.1 Å². The fourth-order valence-corrected chi connectivity index (χ4v) is 5.73. The molecule has 4 aromatic rings. The van der Waals surface area contributed by atoms with Gasteiger partial charge in [-0.25, -0.2) is 0 Å². The van der Waals surface area contributed by atoms with Crippen LogP contribution >= 0.6 is 35.4 Å². The molecule has 2 aromatic carbocycles. The zero-order valence-electron chi connectivity index (χ0n) is 19.5. The molecule has 5 rings (SSSR count). The van der Waals surface area contributed by atoms with E-state index in [4.69, 9.17) is 35.4 Å². The van der Waals surface area contributed by atoms with Crippen LogP contribution in [0.15, 0.2) is 66.9 Å². The molecule has 0 amide bonds. The number of thiocarbonyl (C=S) groups is 1. The lowest BCUT2D eigenvalue weighted by Gasteiger charge is -2.29. The first-order chi connectivity index (χ1) is 16.8. The highest BCUT2D eigenvalue weighted by molar-refractivity contribution is 7.80. The Morgan fingerprint density at radius 1 is 0.943 bits per heavy atom. The van der Waals surface area contributed by atoms with E-state index >= 15 is 0 Å². The summed E-state index contributed by atoms with van der Waals surface area (Å²) >= 11 is 18.5. The first-order valence-electron chi connectivity index (χ1n) is 11.2. The molecule has 1 aliphatic rings. The first kappa shape index (κ1) is 23.7. The Balaban J connectivity index is 1.76. The molecule has 2 atom stereocenters. The van der Waals surface area contributed by atoms with Gasteiger partial charge in [0.15, 0.2) is 5.11 Å². The predicted octanol–water partition coefficient (Wildman–Crippen LogP) is 6.99. The minimum absolute atomic E-state index is 0.103. The number of phenols is 1. The SMILES string of the molecule is Cc1c([C@H]2[C@H](c3ccccn3)NC(=S)N2c2cc(Cl)ccc2O)c(C)n(-c2cccc(Cl)c2)c1C. The molecule has 2 aromatic heterocycles. The van der Waals surface area contributed by atoms with Crippen LogP contribution in [-0.4, -0.2) is 19.8 Å². The van der Waals surface area contributed by atoms with E-state index in [9.17, 15) is 5.11 Å². The normalized spacial score (nSPS) is 17.6. The van der Waals surface area contributed by atoms with Gasteiger partial charge in [0.1, 0.15) is 5.75 Å². The molecule has 1 fully saturated rings. The average Bonchev–Trinajstić information content (AvgIpc) is 3.28. The molecule has 35 heavy (non-hydrogen) atoms. The fourth-order valence-electron chi connectivity index (χ4n) is 5.04. The summed E-state index contributed by atoms with van der Waals surface area (Å²) in [7, 11) is 0. The van der Waals surface area contributed by atoms with Gasteiger partial charge in [-0.2, -0.15) is 0 Å². The van der Waals surface area contributed by atoms with Gasteiger partial charge in [0.05, 0.1) is 23.5 Å². The van der Waals surface area contributed by atoms with Crippen molar-refractivity contribution in [2.45, 2.75) is 32.9 Å². The molecule has 0 bridgehead atoms. The fraction of sp³-hybridized carbons (Fsp3) is 0.185. The molecule has 5 nitrogen and oxygen atoms in total. The van der Waals surface area contributed by atoms with Crippen molar-refractivity contribution in [3.05, 3.63) is 105 Å². The minimum atomic E-state index is -0.277. The number of nitrogens with one attached hydrogen (secondary N) is 1. The third kappa shape index (κ3) is 4.05. The van der Waals surface area contributed by atoms with Gasteiger partial charge in [0.2, 0.25) is 0 Å². The Hall–Kier alpha value is -3.06. The van der Waals surface area contributed by atoms with Crippen molar-refractivity contribution in [2.75, 3.05) is 4.90 Å². The van der Waals surface area contributed by atoms with E-state index in [1.807, 2.05) is 47.4 Å². The molecule has 0 unspecified atom stereocenters. The van der Waals surface area contributed by atoms with E-state index < -0.39 is 0 Å². The Bertz CT molecular complexity index is 1440. The second-order valence-electron chi connectivity index (χ2n) is 8.65. The smallest absolute Gasteiger partial charge is 0.174 e. The van der Waals surface area contributed by atoms with Gasteiger partial charge < -0.3 is 19.9 Å². The molecule has 3 heterocycles. The second kappa shape index (κ2) is 9.19. The van der Waals surface area contributed by atoms with Crippen LogP contribution in [0, 0.1) is 20.8 Å². The lowest BCUT2D eigenvalue weighted by atomic mass is 9.93. The van der Waals surface area contributed by atoms with E-state index in [-0.39, 0.29) is 17.8 Å². The van der Waals surface area contributed by atoms with E-state index in [1.54, 1.807) is 24.4 Å². The lowest BCUT2D eigenvalue weighted by Crippen LogP contribution is -2.30. The minimum Gasteiger partial charge on any atom is -0.506 e. The van der Waals surface area contributed by atoms with E-state index in [0.717, 1.165) is 33.9 Å². The maximum absolute atomic E-state index is 10.8. The van der Waals surface area contributed by atoms with Crippen molar-refractivity contribution in [1.82, 2.24) is 14.9 Å². The standard InChI is InChI=1S/C27H24Cl2N4OS/c1-15-16(2)32(20-8-6-7-18(28)13-20)17(3)24(15)26-25(21-9-4-5-12-30-21)31-27(35)33(26)22-14-19(29)10-11-23(22)34/h4-14,25-26,34H,1-3H3,(H,31,35)/t25-,26-/m0/s1. The summed E-state index contributed by atoms with van der Waals surface area (Å²) in [6.07, 6.45) is 1.78. The van der Waals surface area contributed by atoms with Crippen LogP contribution in [0.3, 0.4) is 0 Å². The average molecular weight is 523 g/mol. The molecule has 178 valence electrons. The Kier molecular flexibility index (Phi) is 6.21. The molecule has 0 spiro atoms. The van der Waals surface area contributed by atoms with Crippen LogP contribution in [-0.2, 0) is 0 Å². The molecule has 0 radical (unpaired) electrons. The van der Waals surface area contributed by atoms with Crippen molar-refractivity contribution >= 4 is 46.2 Å². The number of aromatic nitrogens is 2. The lowest BCUT2D eigenvalue weighted by molar-refractivity contribution is 0.472. The quantitative estimate of drug-likeness (QED) is 0.283. The van der Waals surface area contributed by atoms with Crippen LogP contribution in [0.2, 0.25) is 10.0 Å². The number of phenolic OH excluding ortho intramolecular Hbond substituents is 1. The number of hydrogen-bond donors (Lipinski definition) is 2. The van der Waals surface area contributed by atoms with Gasteiger partial charge >= 0.3 is 0 Å². The summed E-state index contributed by atoms with van der Waals surface area (Å²) in [6.45, 7) is 6.32. The first-order valence-corrected chi connectivity index (χ1v) is 12.4. The Morgan fingerprint density at radius 3 is 2.43 bits per heavy atom.